The Morgan fingerprint density at radius 3 is 2.75 bits per heavy atom. The molecule has 0 saturated heterocycles. The summed E-state index contributed by atoms with van der Waals surface area (Å²) >= 11 is 0. The first-order chi connectivity index (χ1) is 11.7. The second-order valence-corrected chi connectivity index (χ2v) is 5.12. The van der Waals surface area contributed by atoms with Gasteiger partial charge in [0.1, 0.15) is 12.4 Å². The number of nitrogens with one attached hydrogen (secondary N) is 2. The lowest BCUT2D eigenvalue weighted by Crippen LogP contribution is -2.19. The van der Waals surface area contributed by atoms with Crippen molar-refractivity contribution < 1.29 is 9.53 Å². The highest BCUT2D eigenvalue weighted by molar-refractivity contribution is 6.01. The number of ether oxygens (including phenoxy) is 1. The first-order valence-corrected chi connectivity index (χ1v) is 7.51. The van der Waals surface area contributed by atoms with Crippen molar-refractivity contribution in [1.29, 1.82) is 0 Å². The summed E-state index contributed by atoms with van der Waals surface area (Å²) in [5, 5.41) is 6.56. The molecule has 2 amide bonds. The molecule has 3 aromatic rings. The molecule has 2 N–H and O–H groups in total. The van der Waals surface area contributed by atoms with Crippen LogP contribution in [0.15, 0.2) is 73.4 Å². The van der Waals surface area contributed by atoms with Crippen molar-refractivity contribution >= 4 is 28.3 Å². The Bertz CT molecular complexity index is 877. The third-order valence-corrected chi connectivity index (χ3v) is 3.32. The lowest BCUT2D eigenvalue weighted by atomic mass is 10.2. The Morgan fingerprint density at radius 2 is 1.92 bits per heavy atom. The van der Waals surface area contributed by atoms with Crippen molar-refractivity contribution in [3.63, 3.8) is 0 Å². The van der Waals surface area contributed by atoms with Gasteiger partial charge >= 0.3 is 6.03 Å². The van der Waals surface area contributed by atoms with Crippen molar-refractivity contribution in [3.05, 3.63) is 73.4 Å². The fraction of sp³-hybridized carbons (Fsp3) is 0.0526. The summed E-state index contributed by atoms with van der Waals surface area (Å²) < 4.78 is 5.45. The van der Waals surface area contributed by atoms with Gasteiger partial charge in [-0.05, 0) is 36.4 Å². The standard InChI is InChI=1S/C19H17N3O2/c1-2-11-24-17-7-3-6-15(13-17)21-19(23)22-16-8-9-18-14(12-16)5-4-10-20-18/h2-10,12-13H,1,11H2,(H2,21,22,23). The molecule has 120 valence electrons. The maximum Gasteiger partial charge on any atom is 0.323 e. The Kier molecular flexibility index (Phi) is 4.72. The van der Waals surface area contributed by atoms with Gasteiger partial charge in [0.05, 0.1) is 5.52 Å². The number of pyridine rings is 1. The summed E-state index contributed by atoms with van der Waals surface area (Å²) in [4.78, 5) is 16.4. The quantitative estimate of drug-likeness (QED) is 0.683. The van der Waals surface area contributed by atoms with E-state index in [4.69, 9.17) is 4.74 Å². The summed E-state index contributed by atoms with van der Waals surface area (Å²) in [6, 6.07) is 16.3. The summed E-state index contributed by atoms with van der Waals surface area (Å²) in [7, 11) is 0. The number of amides is 2. The molecule has 0 unspecified atom stereocenters. The Balaban J connectivity index is 1.67. The normalized spacial score (nSPS) is 10.2. The third kappa shape index (κ3) is 3.89. The third-order valence-electron chi connectivity index (χ3n) is 3.32. The number of carbonyl (C=O) groups is 1. The lowest BCUT2D eigenvalue weighted by molar-refractivity contribution is 0.262. The minimum atomic E-state index is -0.320. The van der Waals surface area contributed by atoms with Crippen LogP contribution >= 0.6 is 0 Å². The summed E-state index contributed by atoms with van der Waals surface area (Å²) in [6.07, 6.45) is 3.41. The van der Waals surface area contributed by atoms with Gasteiger partial charge in [0.2, 0.25) is 0 Å². The van der Waals surface area contributed by atoms with E-state index >= 15 is 0 Å². The smallest absolute Gasteiger partial charge is 0.323 e. The maximum absolute atomic E-state index is 12.1. The molecule has 0 fully saturated rings. The average molecular weight is 319 g/mol. The number of benzene rings is 2. The van der Waals surface area contributed by atoms with E-state index in [0.717, 1.165) is 10.9 Å². The molecule has 0 spiro atoms. The van der Waals surface area contributed by atoms with Gasteiger partial charge in [0, 0.05) is 29.0 Å². The van der Waals surface area contributed by atoms with E-state index in [0.29, 0.717) is 23.7 Å². The van der Waals surface area contributed by atoms with Gasteiger partial charge < -0.3 is 15.4 Å². The van der Waals surface area contributed by atoms with E-state index in [9.17, 15) is 4.79 Å². The predicted octanol–water partition coefficient (Wildman–Crippen LogP) is 4.44. The number of anilines is 2. The largest absolute Gasteiger partial charge is 0.489 e. The summed E-state index contributed by atoms with van der Waals surface area (Å²) in [5.41, 5.74) is 2.24. The molecule has 2 aromatic carbocycles. The Morgan fingerprint density at radius 1 is 1.08 bits per heavy atom. The van der Waals surface area contributed by atoms with Crippen LogP contribution in [0.4, 0.5) is 16.2 Å². The number of nitrogens with zero attached hydrogens (tertiary/aromatic N) is 1. The van der Waals surface area contributed by atoms with E-state index in [1.54, 1.807) is 24.4 Å². The molecule has 5 heteroatoms. The van der Waals surface area contributed by atoms with E-state index in [1.807, 2.05) is 42.5 Å². The minimum Gasteiger partial charge on any atom is -0.489 e. The van der Waals surface area contributed by atoms with Gasteiger partial charge in [-0.3, -0.25) is 4.98 Å². The molecular formula is C19H17N3O2. The zero-order chi connectivity index (χ0) is 16.8. The van der Waals surface area contributed by atoms with Gasteiger partial charge in [0.15, 0.2) is 0 Å². The van der Waals surface area contributed by atoms with Crippen molar-refractivity contribution in [2.75, 3.05) is 17.2 Å². The highest BCUT2D eigenvalue weighted by Crippen LogP contribution is 2.19. The monoisotopic (exact) mass is 319 g/mol. The lowest BCUT2D eigenvalue weighted by Gasteiger charge is -2.10. The second-order valence-electron chi connectivity index (χ2n) is 5.12. The van der Waals surface area contributed by atoms with Gasteiger partial charge in [-0.1, -0.05) is 24.8 Å². The highest BCUT2D eigenvalue weighted by Gasteiger charge is 2.05. The van der Waals surface area contributed by atoms with Gasteiger partial charge in [-0.2, -0.15) is 0 Å². The van der Waals surface area contributed by atoms with Crippen molar-refractivity contribution in [2.45, 2.75) is 0 Å². The maximum atomic E-state index is 12.1. The average Bonchev–Trinajstić information content (AvgIpc) is 2.60. The first kappa shape index (κ1) is 15.6. The van der Waals surface area contributed by atoms with Crippen LogP contribution in [0.25, 0.3) is 10.9 Å². The van der Waals surface area contributed by atoms with Crippen molar-refractivity contribution in [1.82, 2.24) is 4.98 Å². The molecule has 0 atom stereocenters. The number of hydrogen-bond acceptors (Lipinski definition) is 3. The van der Waals surface area contributed by atoms with E-state index in [-0.39, 0.29) is 6.03 Å². The van der Waals surface area contributed by atoms with Gasteiger partial charge in [-0.15, -0.1) is 0 Å². The molecule has 0 radical (unpaired) electrons. The van der Waals surface area contributed by atoms with Crippen LogP contribution in [-0.2, 0) is 0 Å². The van der Waals surface area contributed by atoms with Crippen LogP contribution in [-0.4, -0.2) is 17.6 Å². The molecule has 24 heavy (non-hydrogen) atoms. The van der Waals surface area contributed by atoms with Gasteiger partial charge in [-0.25, -0.2) is 4.79 Å². The van der Waals surface area contributed by atoms with Crippen LogP contribution in [0.5, 0.6) is 5.75 Å². The summed E-state index contributed by atoms with van der Waals surface area (Å²) in [6.45, 7) is 4.02. The highest BCUT2D eigenvalue weighted by atomic mass is 16.5. The SMILES string of the molecule is C=CCOc1cccc(NC(=O)Nc2ccc3ncccc3c2)c1. The molecule has 1 aromatic heterocycles. The Labute approximate surface area is 140 Å². The summed E-state index contributed by atoms with van der Waals surface area (Å²) in [5.74, 6) is 0.671. The number of rotatable bonds is 5. The van der Waals surface area contributed by atoms with Crippen molar-refractivity contribution in [3.8, 4) is 5.75 Å². The fourth-order valence-electron chi connectivity index (χ4n) is 2.27. The number of fused-ring (bicyclic) bond motifs is 1. The molecule has 1 heterocycles. The molecule has 0 aliphatic carbocycles. The molecule has 0 aliphatic rings. The van der Waals surface area contributed by atoms with E-state index in [2.05, 4.69) is 22.2 Å². The van der Waals surface area contributed by atoms with Crippen LogP contribution in [0, 0.1) is 0 Å². The first-order valence-electron chi connectivity index (χ1n) is 7.51. The zero-order valence-corrected chi connectivity index (χ0v) is 13.0. The Hall–Kier alpha value is -3.34. The molecule has 0 aliphatic heterocycles. The number of carbonyl (C=O) groups excluding carboxylic acids is 1. The second kappa shape index (κ2) is 7.28. The minimum absolute atomic E-state index is 0.320. The molecule has 0 bridgehead atoms. The van der Waals surface area contributed by atoms with E-state index < -0.39 is 0 Å². The molecule has 3 rings (SSSR count). The fourth-order valence-corrected chi connectivity index (χ4v) is 2.27. The topological polar surface area (TPSA) is 63.2 Å². The number of urea groups is 1. The zero-order valence-electron chi connectivity index (χ0n) is 13.0. The van der Waals surface area contributed by atoms with Crippen molar-refractivity contribution in [2.24, 2.45) is 0 Å². The molecule has 5 nitrogen and oxygen atoms in total. The number of hydrogen-bond donors (Lipinski definition) is 2. The number of aromatic nitrogens is 1. The van der Waals surface area contributed by atoms with Crippen LogP contribution < -0.4 is 15.4 Å². The van der Waals surface area contributed by atoms with E-state index in [1.165, 1.54) is 0 Å². The van der Waals surface area contributed by atoms with Crippen LogP contribution in [0.3, 0.4) is 0 Å². The molecule has 0 saturated carbocycles. The van der Waals surface area contributed by atoms with Crippen LogP contribution in [0.1, 0.15) is 0 Å². The van der Waals surface area contributed by atoms with Gasteiger partial charge in [0.25, 0.3) is 0 Å². The van der Waals surface area contributed by atoms with Crippen LogP contribution in [0.2, 0.25) is 0 Å². The molecular weight excluding hydrogens is 302 g/mol. The predicted molar refractivity (Wildman–Crippen MR) is 96.5 cm³/mol.